The van der Waals surface area contributed by atoms with Gasteiger partial charge < -0.3 is 9.73 Å². The number of hydrogen-bond donors (Lipinski definition) is 2. The summed E-state index contributed by atoms with van der Waals surface area (Å²) >= 11 is 8.52. The van der Waals surface area contributed by atoms with E-state index < -0.39 is 0 Å². The van der Waals surface area contributed by atoms with E-state index in [-0.39, 0.29) is 11.0 Å². The van der Waals surface area contributed by atoms with E-state index in [4.69, 9.17) is 16.6 Å². The topological polar surface area (TPSA) is 80.0 Å². The normalized spacial score (nSPS) is 10.6. The van der Waals surface area contributed by atoms with Crippen molar-refractivity contribution < 1.29 is 9.21 Å². The Kier molecular flexibility index (Phi) is 5.14. The van der Waals surface area contributed by atoms with E-state index in [0.717, 1.165) is 5.56 Å². The Hall–Kier alpha value is -3.10. The zero-order valence-corrected chi connectivity index (χ0v) is 16.8. The lowest BCUT2D eigenvalue weighted by molar-refractivity contribution is 0.0977. The van der Waals surface area contributed by atoms with E-state index in [1.165, 1.54) is 6.20 Å². The summed E-state index contributed by atoms with van der Waals surface area (Å²) in [6.07, 6.45) is 3.07. The van der Waals surface area contributed by atoms with Gasteiger partial charge in [0.25, 0.3) is 5.91 Å². The lowest BCUT2D eigenvalue weighted by Crippen LogP contribution is -2.34. The highest BCUT2D eigenvalue weighted by Gasteiger charge is 2.11. The Morgan fingerprint density at radius 1 is 1.07 bits per heavy atom. The first-order valence-electron chi connectivity index (χ1n) is 8.27. The first-order valence-corrected chi connectivity index (χ1v) is 9.47. The minimum absolute atomic E-state index is 0.177. The smallest absolute Gasteiger partial charge is 0.259 e. The van der Waals surface area contributed by atoms with E-state index in [1.807, 2.05) is 36.4 Å². The van der Waals surface area contributed by atoms with Crippen molar-refractivity contribution in [2.75, 3.05) is 5.32 Å². The molecule has 1 amide bonds. The maximum Gasteiger partial charge on any atom is 0.259 e. The zero-order chi connectivity index (χ0) is 19.5. The standard InChI is InChI=1S/C20H13BrN4O2S/c21-14-8-13(10-22-11-14)18(26)25-20(28)23-15-6-7-17-16(9-15)24-19(27-17)12-4-2-1-3-5-12/h1-11H,(H2,23,25,26,28). The number of oxazole rings is 1. The molecule has 0 bridgehead atoms. The average Bonchev–Trinajstić information content (AvgIpc) is 3.12. The molecule has 4 rings (SSSR count). The molecule has 28 heavy (non-hydrogen) atoms. The molecule has 4 aromatic rings. The fraction of sp³-hybridized carbons (Fsp3) is 0. The fourth-order valence-corrected chi connectivity index (χ4v) is 3.16. The molecule has 0 radical (unpaired) electrons. The average molecular weight is 453 g/mol. The second-order valence-corrected chi connectivity index (χ2v) is 7.19. The molecule has 138 valence electrons. The van der Waals surface area contributed by atoms with Crippen LogP contribution in [0.15, 0.2) is 75.9 Å². The second kappa shape index (κ2) is 7.87. The molecule has 0 aliphatic heterocycles. The van der Waals surface area contributed by atoms with Gasteiger partial charge in [0.15, 0.2) is 10.7 Å². The number of anilines is 1. The number of hydrogen-bond acceptors (Lipinski definition) is 5. The second-order valence-electron chi connectivity index (χ2n) is 5.87. The Morgan fingerprint density at radius 2 is 1.89 bits per heavy atom. The van der Waals surface area contributed by atoms with Gasteiger partial charge in [-0.05, 0) is 64.5 Å². The summed E-state index contributed by atoms with van der Waals surface area (Å²) in [7, 11) is 0. The van der Waals surface area contributed by atoms with Crippen LogP contribution in [0, 0.1) is 0 Å². The fourth-order valence-electron chi connectivity index (χ4n) is 2.58. The number of rotatable bonds is 3. The highest BCUT2D eigenvalue weighted by atomic mass is 79.9. The van der Waals surface area contributed by atoms with E-state index >= 15 is 0 Å². The lowest BCUT2D eigenvalue weighted by Gasteiger charge is -2.09. The summed E-state index contributed by atoms with van der Waals surface area (Å²) in [5.74, 6) is 0.200. The Labute approximate surface area is 174 Å². The van der Waals surface area contributed by atoms with Gasteiger partial charge in [-0.2, -0.15) is 0 Å². The van der Waals surface area contributed by atoms with Gasteiger partial charge in [0.2, 0.25) is 5.89 Å². The van der Waals surface area contributed by atoms with E-state index in [1.54, 1.807) is 24.4 Å². The molecule has 2 aromatic carbocycles. The number of benzene rings is 2. The van der Waals surface area contributed by atoms with Crippen molar-refractivity contribution in [3.05, 3.63) is 77.0 Å². The van der Waals surface area contributed by atoms with Gasteiger partial charge in [-0.1, -0.05) is 18.2 Å². The molecule has 6 nitrogen and oxygen atoms in total. The molecule has 2 aromatic heterocycles. The van der Waals surface area contributed by atoms with Crippen molar-refractivity contribution in [2.24, 2.45) is 0 Å². The van der Waals surface area contributed by atoms with Crippen molar-refractivity contribution in [2.45, 2.75) is 0 Å². The molecule has 0 aliphatic rings. The minimum Gasteiger partial charge on any atom is -0.436 e. The number of fused-ring (bicyclic) bond motifs is 1. The van der Waals surface area contributed by atoms with Gasteiger partial charge in [-0.3, -0.25) is 15.1 Å². The van der Waals surface area contributed by atoms with Gasteiger partial charge in [-0.15, -0.1) is 0 Å². The highest BCUT2D eigenvalue weighted by Crippen LogP contribution is 2.26. The number of amides is 1. The van der Waals surface area contributed by atoms with Crippen molar-refractivity contribution >= 4 is 56.0 Å². The number of aromatic nitrogens is 2. The summed E-state index contributed by atoms with van der Waals surface area (Å²) in [6, 6.07) is 16.8. The van der Waals surface area contributed by atoms with Crippen LogP contribution in [0.3, 0.4) is 0 Å². The molecular formula is C20H13BrN4O2S. The summed E-state index contributed by atoms with van der Waals surface area (Å²) in [5, 5.41) is 5.79. The van der Waals surface area contributed by atoms with E-state index in [9.17, 15) is 4.79 Å². The number of nitrogens with zero attached hydrogens (tertiary/aromatic N) is 2. The molecule has 0 saturated carbocycles. The molecule has 0 aliphatic carbocycles. The number of carbonyl (C=O) groups is 1. The van der Waals surface area contributed by atoms with Crippen LogP contribution < -0.4 is 10.6 Å². The monoisotopic (exact) mass is 452 g/mol. The number of thiocarbonyl (C=S) groups is 1. The Morgan fingerprint density at radius 3 is 2.68 bits per heavy atom. The molecule has 2 N–H and O–H groups in total. The van der Waals surface area contributed by atoms with Gasteiger partial charge >= 0.3 is 0 Å². The van der Waals surface area contributed by atoms with E-state index in [0.29, 0.717) is 32.7 Å². The molecule has 2 heterocycles. The number of nitrogens with one attached hydrogen (secondary N) is 2. The Balaban J connectivity index is 1.48. The van der Waals surface area contributed by atoms with Crippen LogP contribution in [0.4, 0.5) is 5.69 Å². The third kappa shape index (κ3) is 4.08. The number of carbonyl (C=O) groups excluding carboxylic acids is 1. The predicted molar refractivity (Wildman–Crippen MR) is 115 cm³/mol. The van der Waals surface area contributed by atoms with Crippen LogP contribution in [0.2, 0.25) is 0 Å². The third-order valence-corrected chi connectivity index (χ3v) is 4.50. The lowest BCUT2D eigenvalue weighted by atomic mass is 10.2. The maximum absolute atomic E-state index is 12.2. The molecular weight excluding hydrogens is 440 g/mol. The molecule has 0 fully saturated rings. The SMILES string of the molecule is O=C(NC(=S)Nc1ccc2oc(-c3ccccc3)nc2c1)c1cncc(Br)c1. The zero-order valence-electron chi connectivity index (χ0n) is 14.3. The van der Waals surface area contributed by atoms with Crippen molar-refractivity contribution in [1.29, 1.82) is 0 Å². The minimum atomic E-state index is -0.347. The van der Waals surface area contributed by atoms with Gasteiger partial charge in [-0.25, -0.2) is 4.98 Å². The van der Waals surface area contributed by atoms with Crippen molar-refractivity contribution in [1.82, 2.24) is 15.3 Å². The predicted octanol–water partition coefficient (Wildman–Crippen LogP) is 4.78. The van der Waals surface area contributed by atoms with Crippen LogP contribution in [-0.4, -0.2) is 21.0 Å². The molecule has 8 heteroatoms. The van der Waals surface area contributed by atoms with Crippen LogP contribution in [0.5, 0.6) is 0 Å². The highest BCUT2D eigenvalue weighted by molar-refractivity contribution is 9.10. The molecule has 0 spiro atoms. The summed E-state index contributed by atoms with van der Waals surface area (Å²) < 4.78 is 6.51. The third-order valence-electron chi connectivity index (χ3n) is 3.86. The molecule has 0 atom stereocenters. The Bertz CT molecular complexity index is 1180. The molecule has 0 saturated heterocycles. The summed E-state index contributed by atoms with van der Waals surface area (Å²) in [4.78, 5) is 20.7. The first-order chi connectivity index (χ1) is 13.6. The van der Waals surface area contributed by atoms with Gasteiger partial charge in [0.1, 0.15) is 5.52 Å². The largest absolute Gasteiger partial charge is 0.436 e. The summed E-state index contributed by atoms with van der Waals surface area (Å²) in [6.45, 7) is 0. The van der Waals surface area contributed by atoms with Crippen LogP contribution in [0.25, 0.3) is 22.6 Å². The van der Waals surface area contributed by atoms with E-state index in [2.05, 4.69) is 36.5 Å². The summed E-state index contributed by atoms with van der Waals surface area (Å²) in [5.41, 5.74) is 3.35. The van der Waals surface area contributed by atoms with Crippen LogP contribution in [0.1, 0.15) is 10.4 Å². The van der Waals surface area contributed by atoms with Crippen LogP contribution in [-0.2, 0) is 0 Å². The maximum atomic E-state index is 12.2. The number of halogens is 1. The van der Waals surface area contributed by atoms with Crippen molar-refractivity contribution in [3.63, 3.8) is 0 Å². The van der Waals surface area contributed by atoms with Gasteiger partial charge in [0, 0.05) is 28.1 Å². The van der Waals surface area contributed by atoms with Crippen LogP contribution >= 0.6 is 28.1 Å². The number of pyridine rings is 1. The first kappa shape index (κ1) is 18.3. The van der Waals surface area contributed by atoms with Crippen molar-refractivity contribution in [3.8, 4) is 11.5 Å². The quantitative estimate of drug-likeness (QED) is 0.435. The van der Waals surface area contributed by atoms with Gasteiger partial charge in [0.05, 0.1) is 5.56 Å². The molecule has 0 unspecified atom stereocenters.